The number of carbonyl (C=O) groups is 2. The third kappa shape index (κ3) is 4.99. The Morgan fingerprint density at radius 2 is 2.07 bits per heavy atom. The predicted octanol–water partition coefficient (Wildman–Crippen LogP) is 2.21. The molecule has 8 heteroatoms. The van der Waals surface area contributed by atoms with E-state index in [0.717, 1.165) is 44.5 Å². The van der Waals surface area contributed by atoms with Gasteiger partial charge in [0.2, 0.25) is 0 Å². The predicted molar refractivity (Wildman–Crippen MR) is 107 cm³/mol. The molecule has 2 aromatic heterocycles. The number of aryl methyl sites for hydroxylation is 2. The van der Waals surface area contributed by atoms with Crippen molar-refractivity contribution in [3.8, 4) is 0 Å². The second-order valence-electron chi connectivity index (χ2n) is 8.15. The molecule has 1 atom stereocenters. The van der Waals surface area contributed by atoms with Gasteiger partial charge in [0.25, 0.3) is 11.8 Å². The highest BCUT2D eigenvalue weighted by molar-refractivity contribution is 5.94. The number of hydrogen-bond donors (Lipinski definition) is 1. The number of piperidine rings is 1. The highest BCUT2D eigenvalue weighted by atomic mass is 16.2. The second-order valence-corrected chi connectivity index (χ2v) is 8.15. The summed E-state index contributed by atoms with van der Waals surface area (Å²) in [5.41, 5.74) is 1.89. The zero-order valence-electron chi connectivity index (χ0n) is 16.9. The molecule has 0 bridgehead atoms. The molecule has 0 radical (unpaired) electrons. The van der Waals surface area contributed by atoms with Gasteiger partial charge in [-0.3, -0.25) is 19.3 Å². The highest BCUT2D eigenvalue weighted by Gasteiger charge is 2.28. The largest absolute Gasteiger partial charge is 0.350 e. The van der Waals surface area contributed by atoms with Crippen molar-refractivity contribution in [2.75, 3.05) is 13.1 Å². The van der Waals surface area contributed by atoms with Gasteiger partial charge >= 0.3 is 0 Å². The number of amides is 2. The van der Waals surface area contributed by atoms with Crippen molar-refractivity contribution in [2.24, 2.45) is 5.92 Å². The molecule has 1 saturated carbocycles. The number of aromatic nitrogens is 4. The van der Waals surface area contributed by atoms with Crippen LogP contribution in [0.3, 0.4) is 0 Å². The topological polar surface area (TPSA) is 93.0 Å². The van der Waals surface area contributed by atoms with Crippen molar-refractivity contribution in [3.63, 3.8) is 0 Å². The zero-order chi connectivity index (χ0) is 20.2. The van der Waals surface area contributed by atoms with Crippen molar-refractivity contribution in [3.05, 3.63) is 41.5 Å². The molecule has 4 rings (SSSR count). The molecule has 2 aliphatic rings. The molecular weight excluding hydrogens is 368 g/mol. The van der Waals surface area contributed by atoms with Crippen molar-refractivity contribution in [2.45, 2.75) is 58.0 Å². The molecule has 1 aliphatic heterocycles. The van der Waals surface area contributed by atoms with E-state index in [1.807, 2.05) is 24.0 Å². The fraction of sp³-hybridized carbons (Fsp3) is 0.571. The Morgan fingerprint density at radius 1 is 1.21 bits per heavy atom. The van der Waals surface area contributed by atoms with Gasteiger partial charge in [0.05, 0.1) is 11.8 Å². The molecule has 1 unspecified atom stereocenters. The van der Waals surface area contributed by atoms with Gasteiger partial charge in [0.1, 0.15) is 0 Å². The van der Waals surface area contributed by atoms with Crippen LogP contribution >= 0.6 is 0 Å². The lowest BCUT2D eigenvalue weighted by atomic mass is 9.98. The molecule has 1 N–H and O–H groups in total. The Balaban J connectivity index is 1.34. The van der Waals surface area contributed by atoms with Gasteiger partial charge in [-0.2, -0.15) is 0 Å². The molecule has 29 heavy (non-hydrogen) atoms. The first-order valence-electron chi connectivity index (χ1n) is 10.5. The van der Waals surface area contributed by atoms with Gasteiger partial charge in [0, 0.05) is 37.6 Å². The Labute approximate surface area is 170 Å². The Bertz CT molecular complexity index is 858. The van der Waals surface area contributed by atoms with Crippen LogP contribution in [0.4, 0.5) is 0 Å². The molecule has 2 amide bonds. The van der Waals surface area contributed by atoms with Gasteiger partial charge in [0.15, 0.2) is 5.69 Å². The number of nitrogens with one attached hydrogen (secondary N) is 1. The second kappa shape index (κ2) is 8.71. The van der Waals surface area contributed by atoms with Gasteiger partial charge in [-0.1, -0.05) is 5.21 Å². The lowest BCUT2D eigenvalue weighted by molar-refractivity contribution is 0.0593. The fourth-order valence-corrected chi connectivity index (χ4v) is 3.77. The monoisotopic (exact) mass is 396 g/mol. The minimum absolute atomic E-state index is 0.0425. The maximum atomic E-state index is 13.0. The average molecular weight is 396 g/mol. The molecule has 2 aromatic rings. The number of nitrogens with zero attached hydrogens (tertiary/aromatic N) is 5. The Hall–Kier alpha value is -2.77. The SMILES string of the molecule is Cc1ccc(C(=O)N2CCCCC2CCn2cc(C(=O)NCC3CC3)nn2)cn1. The summed E-state index contributed by atoms with van der Waals surface area (Å²) in [4.78, 5) is 31.3. The van der Waals surface area contributed by atoms with Crippen molar-refractivity contribution >= 4 is 11.8 Å². The zero-order valence-corrected chi connectivity index (χ0v) is 16.9. The van der Waals surface area contributed by atoms with Crippen molar-refractivity contribution in [1.82, 2.24) is 30.2 Å². The summed E-state index contributed by atoms with van der Waals surface area (Å²) in [5, 5.41) is 11.0. The number of hydrogen-bond acceptors (Lipinski definition) is 5. The van der Waals surface area contributed by atoms with E-state index in [9.17, 15) is 9.59 Å². The molecule has 2 fully saturated rings. The van der Waals surface area contributed by atoms with Gasteiger partial charge < -0.3 is 10.2 Å². The van der Waals surface area contributed by atoms with E-state index in [4.69, 9.17) is 0 Å². The fourth-order valence-electron chi connectivity index (χ4n) is 3.77. The summed E-state index contributed by atoms with van der Waals surface area (Å²) in [6, 6.07) is 3.88. The van der Waals surface area contributed by atoms with E-state index in [1.165, 1.54) is 12.8 Å². The quantitative estimate of drug-likeness (QED) is 0.774. The lowest BCUT2D eigenvalue weighted by Gasteiger charge is -2.36. The third-order valence-corrected chi connectivity index (χ3v) is 5.76. The molecule has 3 heterocycles. The highest BCUT2D eigenvalue weighted by Crippen LogP contribution is 2.27. The first-order valence-corrected chi connectivity index (χ1v) is 10.5. The lowest BCUT2D eigenvalue weighted by Crippen LogP contribution is -2.44. The Kier molecular flexibility index (Phi) is 5.87. The summed E-state index contributed by atoms with van der Waals surface area (Å²) >= 11 is 0. The summed E-state index contributed by atoms with van der Waals surface area (Å²) in [6.07, 6.45) is 9.66. The van der Waals surface area contributed by atoms with Crippen LogP contribution in [0, 0.1) is 12.8 Å². The van der Waals surface area contributed by atoms with Gasteiger partial charge in [-0.05, 0) is 63.5 Å². The first-order chi connectivity index (χ1) is 14.1. The maximum absolute atomic E-state index is 13.0. The minimum atomic E-state index is -0.163. The van der Waals surface area contributed by atoms with Crippen LogP contribution in [0.2, 0.25) is 0 Å². The van der Waals surface area contributed by atoms with Crippen LogP contribution in [0.1, 0.15) is 65.1 Å². The standard InChI is InChI=1S/C21H28N6O2/c1-15-5-8-17(13-22-15)21(29)27-10-3-2-4-18(27)9-11-26-14-19(24-25-26)20(28)23-12-16-6-7-16/h5,8,13-14,16,18H,2-4,6-7,9-12H2,1H3,(H,23,28). The van der Waals surface area contributed by atoms with Crippen LogP contribution < -0.4 is 5.32 Å². The van der Waals surface area contributed by atoms with E-state index in [1.54, 1.807) is 17.1 Å². The number of likely N-dealkylation sites (tertiary alicyclic amines) is 1. The van der Waals surface area contributed by atoms with E-state index in [-0.39, 0.29) is 17.9 Å². The van der Waals surface area contributed by atoms with Crippen LogP contribution in [-0.2, 0) is 6.54 Å². The summed E-state index contributed by atoms with van der Waals surface area (Å²) in [5.74, 6) is 0.512. The van der Waals surface area contributed by atoms with Gasteiger partial charge in [-0.25, -0.2) is 0 Å². The molecule has 154 valence electrons. The maximum Gasteiger partial charge on any atom is 0.273 e. The van der Waals surface area contributed by atoms with Crippen LogP contribution in [0.5, 0.6) is 0 Å². The average Bonchev–Trinajstić information content (AvgIpc) is 3.46. The smallest absolute Gasteiger partial charge is 0.273 e. The van der Waals surface area contributed by atoms with Crippen LogP contribution in [0.25, 0.3) is 0 Å². The summed E-state index contributed by atoms with van der Waals surface area (Å²) in [6.45, 7) is 4.03. The van der Waals surface area contributed by atoms with E-state index < -0.39 is 0 Å². The Morgan fingerprint density at radius 3 is 2.83 bits per heavy atom. The number of carbonyl (C=O) groups excluding carboxylic acids is 2. The summed E-state index contributed by atoms with van der Waals surface area (Å²) < 4.78 is 1.71. The third-order valence-electron chi connectivity index (χ3n) is 5.76. The first kappa shape index (κ1) is 19.5. The van der Waals surface area contributed by atoms with Crippen molar-refractivity contribution < 1.29 is 9.59 Å². The van der Waals surface area contributed by atoms with Crippen molar-refractivity contribution in [1.29, 1.82) is 0 Å². The number of rotatable bonds is 7. The molecule has 0 aromatic carbocycles. The van der Waals surface area contributed by atoms with E-state index >= 15 is 0 Å². The molecule has 1 aliphatic carbocycles. The molecule has 8 nitrogen and oxygen atoms in total. The normalized spacial score (nSPS) is 19.2. The van der Waals surface area contributed by atoms with E-state index in [2.05, 4.69) is 20.6 Å². The molecule has 1 saturated heterocycles. The van der Waals surface area contributed by atoms with E-state index in [0.29, 0.717) is 23.7 Å². The van der Waals surface area contributed by atoms with Crippen LogP contribution in [-0.4, -0.2) is 55.8 Å². The molecular formula is C21H28N6O2. The van der Waals surface area contributed by atoms with Crippen LogP contribution in [0.15, 0.2) is 24.5 Å². The van der Waals surface area contributed by atoms with Gasteiger partial charge in [-0.15, -0.1) is 5.10 Å². The number of pyridine rings is 1. The minimum Gasteiger partial charge on any atom is -0.350 e. The molecule has 0 spiro atoms. The summed E-state index contributed by atoms with van der Waals surface area (Å²) in [7, 11) is 0.